The molecule has 0 N–H and O–H groups in total. The highest BCUT2D eigenvalue weighted by atomic mass is 79.9. The number of rotatable bonds is 2. The van der Waals surface area contributed by atoms with Gasteiger partial charge < -0.3 is 0 Å². The second-order valence-electron chi connectivity index (χ2n) is 4.66. The predicted molar refractivity (Wildman–Crippen MR) is 87.8 cm³/mol. The standard InChI is InChI=1S/C16H11BrClN3/c1-10(18)16-20-15-11(9-19)5-4-8-14(15)21(16)13-7-3-2-6-12(13)17/h2-8,10H,1H3. The molecule has 0 fully saturated rings. The fourth-order valence-electron chi connectivity index (χ4n) is 2.36. The van der Waals surface area contributed by atoms with Crippen molar-refractivity contribution in [3.05, 3.63) is 58.3 Å². The highest BCUT2D eigenvalue weighted by Crippen LogP contribution is 2.32. The van der Waals surface area contributed by atoms with Crippen LogP contribution in [0.4, 0.5) is 0 Å². The molecule has 0 amide bonds. The minimum atomic E-state index is -0.268. The number of halogens is 2. The summed E-state index contributed by atoms with van der Waals surface area (Å²) in [5.41, 5.74) is 3.07. The number of hydrogen-bond donors (Lipinski definition) is 0. The van der Waals surface area contributed by atoms with Crippen LogP contribution in [0.25, 0.3) is 16.7 Å². The monoisotopic (exact) mass is 359 g/mol. The maximum atomic E-state index is 9.26. The third-order valence-corrected chi connectivity index (χ3v) is 4.15. The van der Waals surface area contributed by atoms with Crippen LogP contribution in [0.15, 0.2) is 46.9 Å². The van der Waals surface area contributed by atoms with E-state index in [1.54, 1.807) is 6.07 Å². The minimum absolute atomic E-state index is 0.268. The molecule has 2 aromatic carbocycles. The molecule has 0 bridgehead atoms. The van der Waals surface area contributed by atoms with E-state index in [9.17, 15) is 5.26 Å². The first-order valence-corrected chi connectivity index (χ1v) is 7.67. The number of fused-ring (bicyclic) bond motifs is 1. The molecular formula is C16H11BrClN3. The number of imidazole rings is 1. The predicted octanol–water partition coefficient (Wildman–Crippen LogP) is 4.96. The first-order chi connectivity index (χ1) is 10.1. The smallest absolute Gasteiger partial charge is 0.132 e. The van der Waals surface area contributed by atoms with E-state index in [1.807, 2.05) is 47.9 Å². The van der Waals surface area contributed by atoms with Crippen LogP contribution >= 0.6 is 27.5 Å². The Balaban J connectivity index is 2.44. The lowest BCUT2D eigenvalue weighted by Crippen LogP contribution is -2.02. The van der Waals surface area contributed by atoms with E-state index in [-0.39, 0.29) is 5.38 Å². The molecule has 0 aliphatic carbocycles. The van der Waals surface area contributed by atoms with Gasteiger partial charge in [-0.25, -0.2) is 4.98 Å². The molecule has 1 atom stereocenters. The number of nitriles is 1. The number of aromatic nitrogens is 2. The second-order valence-corrected chi connectivity index (χ2v) is 6.17. The van der Waals surface area contributed by atoms with Crippen molar-refractivity contribution in [2.45, 2.75) is 12.3 Å². The normalized spacial score (nSPS) is 12.3. The summed E-state index contributed by atoms with van der Waals surface area (Å²) in [5, 5.41) is 8.99. The van der Waals surface area contributed by atoms with Crippen molar-refractivity contribution in [3.8, 4) is 11.8 Å². The Morgan fingerprint density at radius 1 is 1.24 bits per heavy atom. The number of nitrogens with zero attached hydrogens (tertiary/aromatic N) is 3. The van der Waals surface area contributed by atoms with Gasteiger partial charge in [0.05, 0.1) is 22.1 Å². The van der Waals surface area contributed by atoms with E-state index in [0.717, 1.165) is 21.5 Å². The van der Waals surface area contributed by atoms with Crippen LogP contribution in [0.3, 0.4) is 0 Å². The van der Waals surface area contributed by atoms with Crippen molar-refractivity contribution in [2.75, 3.05) is 0 Å². The van der Waals surface area contributed by atoms with Crippen LogP contribution in [0.2, 0.25) is 0 Å². The fraction of sp³-hybridized carbons (Fsp3) is 0.125. The van der Waals surface area contributed by atoms with Gasteiger partial charge in [-0.15, -0.1) is 11.6 Å². The molecule has 0 spiro atoms. The summed E-state index contributed by atoms with van der Waals surface area (Å²) in [4.78, 5) is 4.59. The average Bonchev–Trinajstić information content (AvgIpc) is 2.87. The summed E-state index contributed by atoms with van der Waals surface area (Å²) < 4.78 is 2.95. The van der Waals surface area contributed by atoms with Gasteiger partial charge in [0.15, 0.2) is 0 Å². The SMILES string of the molecule is CC(Cl)c1nc2c(C#N)cccc2n1-c1ccccc1Br. The average molecular weight is 361 g/mol. The van der Waals surface area contributed by atoms with Gasteiger partial charge in [0.1, 0.15) is 17.4 Å². The molecule has 3 aromatic rings. The van der Waals surface area contributed by atoms with Crippen molar-refractivity contribution in [3.63, 3.8) is 0 Å². The van der Waals surface area contributed by atoms with E-state index in [0.29, 0.717) is 11.1 Å². The van der Waals surface area contributed by atoms with Crippen LogP contribution < -0.4 is 0 Å². The van der Waals surface area contributed by atoms with E-state index in [2.05, 4.69) is 27.0 Å². The summed E-state index contributed by atoms with van der Waals surface area (Å²) in [6.45, 7) is 1.88. The zero-order valence-electron chi connectivity index (χ0n) is 11.2. The summed E-state index contributed by atoms with van der Waals surface area (Å²) in [5.74, 6) is 0.723. The van der Waals surface area contributed by atoms with E-state index >= 15 is 0 Å². The van der Waals surface area contributed by atoms with Crippen molar-refractivity contribution < 1.29 is 0 Å². The van der Waals surface area contributed by atoms with Crippen molar-refractivity contribution in [1.82, 2.24) is 9.55 Å². The van der Waals surface area contributed by atoms with Crippen LogP contribution in [0.1, 0.15) is 23.7 Å². The lowest BCUT2D eigenvalue weighted by atomic mass is 10.2. The third-order valence-electron chi connectivity index (χ3n) is 3.28. The van der Waals surface area contributed by atoms with Crippen LogP contribution in [-0.4, -0.2) is 9.55 Å². The van der Waals surface area contributed by atoms with Gasteiger partial charge in [0.2, 0.25) is 0 Å². The first-order valence-electron chi connectivity index (χ1n) is 6.44. The largest absolute Gasteiger partial charge is 0.294 e. The lowest BCUT2D eigenvalue weighted by molar-refractivity contribution is 0.880. The topological polar surface area (TPSA) is 41.6 Å². The summed E-state index contributed by atoms with van der Waals surface area (Å²) >= 11 is 9.86. The molecule has 3 rings (SSSR count). The van der Waals surface area contributed by atoms with Crippen LogP contribution in [0.5, 0.6) is 0 Å². The molecule has 1 unspecified atom stereocenters. The maximum Gasteiger partial charge on any atom is 0.132 e. The van der Waals surface area contributed by atoms with Crippen LogP contribution in [0, 0.1) is 11.3 Å². The Hall–Kier alpha value is -1.83. The van der Waals surface area contributed by atoms with Gasteiger partial charge >= 0.3 is 0 Å². The Bertz CT molecular complexity index is 862. The Morgan fingerprint density at radius 3 is 2.67 bits per heavy atom. The van der Waals surface area contributed by atoms with E-state index < -0.39 is 0 Å². The van der Waals surface area contributed by atoms with E-state index in [1.165, 1.54) is 0 Å². The molecule has 0 saturated heterocycles. The van der Waals surface area contributed by atoms with Gasteiger partial charge in [-0.2, -0.15) is 5.26 Å². The highest BCUT2D eigenvalue weighted by Gasteiger charge is 2.19. The molecule has 0 aliphatic heterocycles. The Kier molecular flexibility index (Phi) is 3.71. The number of benzene rings is 2. The van der Waals surface area contributed by atoms with Gasteiger partial charge in [-0.3, -0.25) is 4.57 Å². The Labute approximate surface area is 135 Å². The number of hydrogen-bond acceptors (Lipinski definition) is 2. The molecule has 21 heavy (non-hydrogen) atoms. The molecule has 0 aliphatic rings. The molecule has 3 nitrogen and oxygen atoms in total. The van der Waals surface area contributed by atoms with Gasteiger partial charge in [-0.1, -0.05) is 18.2 Å². The first kappa shape index (κ1) is 14.1. The summed E-state index contributed by atoms with van der Waals surface area (Å²) in [7, 11) is 0. The number of para-hydroxylation sites is 2. The van der Waals surface area contributed by atoms with Gasteiger partial charge in [-0.05, 0) is 47.1 Å². The van der Waals surface area contributed by atoms with Crippen LogP contribution in [-0.2, 0) is 0 Å². The van der Waals surface area contributed by atoms with Crippen molar-refractivity contribution in [2.24, 2.45) is 0 Å². The quantitative estimate of drug-likeness (QED) is 0.606. The second kappa shape index (κ2) is 5.51. The van der Waals surface area contributed by atoms with Crippen molar-refractivity contribution in [1.29, 1.82) is 5.26 Å². The van der Waals surface area contributed by atoms with Gasteiger partial charge in [0, 0.05) is 4.47 Å². The highest BCUT2D eigenvalue weighted by molar-refractivity contribution is 9.10. The molecular weight excluding hydrogens is 350 g/mol. The molecule has 0 saturated carbocycles. The number of alkyl halides is 1. The molecule has 0 radical (unpaired) electrons. The molecule has 1 aromatic heterocycles. The zero-order chi connectivity index (χ0) is 15.0. The Morgan fingerprint density at radius 2 is 2.00 bits per heavy atom. The molecule has 104 valence electrons. The third kappa shape index (κ3) is 2.33. The fourth-order valence-corrected chi connectivity index (χ4v) is 2.97. The zero-order valence-corrected chi connectivity index (χ0v) is 13.6. The summed E-state index contributed by atoms with van der Waals surface area (Å²) in [6, 6.07) is 15.6. The van der Waals surface area contributed by atoms with Crippen molar-refractivity contribution >= 4 is 38.6 Å². The molecule has 5 heteroatoms. The van der Waals surface area contributed by atoms with Gasteiger partial charge in [0.25, 0.3) is 0 Å². The maximum absolute atomic E-state index is 9.26. The summed E-state index contributed by atoms with van der Waals surface area (Å²) in [6.07, 6.45) is 0. The lowest BCUT2D eigenvalue weighted by Gasteiger charge is -2.12. The molecule has 1 heterocycles. The minimum Gasteiger partial charge on any atom is -0.294 e. The van der Waals surface area contributed by atoms with E-state index in [4.69, 9.17) is 11.6 Å².